The summed E-state index contributed by atoms with van der Waals surface area (Å²) < 4.78 is 18.9. The number of aromatic nitrogens is 2. The van der Waals surface area contributed by atoms with E-state index < -0.39 is 0 Å². The molecule has 1 aliphatic rings. The number of nitrogens with zero attached hydrogens (tertiary/aromatic N) is 4. The molecule has 2 aromatic heterocycles. The highest BCUT2D eigenvalue weighted by atomic mass is 19.1. The lowest BCUT2D eigenvalue weighted by Gasteiger charge is -2.33. The smallest absolute Gasteiger partial charge is 0.236 e. The summed E-state index contributed by atoms with van der Waals surface area (Å²) in [6, 6.07) is 8.51. The number of morpholine rings is 1. The van der Waals surface area contributed by atoms with Crippen molar-refractivity contribution >= 4 is 17.5 Å². The number of ether oxygens (including phenoxy) is 1. The van der Waals surface area contributed by atoms with E-state index in [1.165, 1.54) is 6.07 Å². The number of pyridine rings is 2. The molecule has 0 bridgehead atoms. The van der Waals surface area contributed by atoms with Crippen molar-refractivity contribution in [3.05, 3.63) is 48.0 Å². The molecule has 1 N–H and O–H groups in total. The molecule has 2 aromatic rings. The lowest BCUT2D eigenvalue weighted by molar-refractivity contribution is -0.134. The number of anilines is 2. The molecule has 0 unspecified atom stereocenters. The zero-order valence-electron chi connectivity index (χ0n) is 16.3. The van der Waals surface area contributed by atoms with Crippen LogP contribution in [0.5, 0.6) is 0 Å². The van der Waals surface area contributed by atoms with Crippen LogP contribution in [0.15, 0.2) is 36.5 Å². The number of carbonyl (C=O) groups excluding carboxylic acids is 1. The van der Waals surface area contributed by atoms with Gasteiger partial charge in [-0.2, -0.15) is 0 Å². The molecule has 28 heavy (non-hydrogen) atoms. The fourth-order valence-corrected chi connectivity index (χ4v) is 3.17. The molecule has 1 fully saturated rings. The number of carbonyl (C=O) groups is 1. The third-order valence-corrected chi connectivity index (χ3v) is 4.71. The maximum Gasteiger partial charge on any atom is 0.236 e. The Labute approximate surface area is 164 Å². The first kappa shape index (κ1) is 20.2. The van der Waals surface area contributed by atoms with Crippen molar-refractivity contribution in [2.75, 3.05) is 44.6 Å². The summed E-state index contributed by atoms with van der Waals surface area (Å²) in [6.45, 7) is 7.68. The van der Waals surface area contributed by atoms with Gasteiger partial charge in [-0.1, -0.05) is 6.07 Å². The molecule has 0 aromatic carbocycles. The molecule has 1 amide bonds. The maximum absolute atomic E-state index is 13.0. The molecule has 7 nitrogen and oxygen atoms in total. The van der Waals surface area contributed by atoms with Crippen molar-refractivity contribution in [3.8, 4) is 0 Å². The molecule has 1 saturated heterocycles. The van der Waals surface area contributed by atoms with Crippen molar-refractivity contribution in [1.82, 2.24) is 19.8 Å². The Morgan fingerprint density at radius 1 is 1.29 bits per heavy atom. The first-order valence-corrected chi connectivity index (χ1v) is 9.56. The minimum absolute atomic E-state index is 0.136. The van der Waals surface area contributed by atoms with E-state index in [0.717, 1.165) is 31.5 Å². The van der Waals surface area contributed by atoms with Crippen LogP contribution < -0.4 is 5.32 Å². The van der Waals surface area contributed by atoms with E-state index in [1.54, 1.807) is 6.07 Å². The number of hydrogen-bond acceptors (Lipinski definition) is 6. The molecule has 150 valence electrons. The average molecular weight is 387 g/mol. The fourth-order valence-electron chi connectivity index (χ4n) is 3.17. The van der Waals surface area contributed by atoms with Gasteiger partial charge in [-0.3, -0.25) is 9.69 Å². The molecular weight excluding hydrogens is 361 g/mol. The van der Waals surface area contributed by atoms with Crippen LogP contribution in [0.4, 0.5) is 16.0 Å². The van der Waals surface area contributed by atoms with Gasteiger partial charge in [-0.05, 0) is 38.1 Å². The third kappa shape index (κ3) is 5.24. The Hall–Kier alpha value is -2.58. The van der Waals surface area contributed by atoms with E-state index in [1.807, 2.05) is 36.9 Å². The van der Waals surface area contributed by atoms with Crippen LogP contribution >= 0.6 is 0 Å². The molecule has 3 rings (SSSR count). The zero-order valence-corrected chi connectivity index (χ0v) is 16.3. The van der Waals surface area contributed by atoms with Gasteiger partial charge in [0.25, 0.3) is 0 Å². The minimum Gasteiger partial charge on any atom is -0.369 e. The monoisotopic (exact) mass is 387 g/mol. The number of likely N-dealkylation sites (N-methyl/N-ethyl adjacent to an activating group) is 1. The zero-order chi connectivity index (χ0) is 19.9. The van der Waals surface area contributed by atoms with E-state index in [-0.39, 0.29) is 17.8 Å². The van der Waals surface area contributed by atoms with Crippen LogP contribution in [0.1, 0.15) is 25.6 Å². The standard InChI is InChI=1S/C20H26FN5O2/c1-3-26(4-2)20(27)14-25-10-11-28-17(13-25)16-6-5-7-19(23-16)24-18-9-8-15(21)12-22-18/h5-9,12,17H,3-4,10-11,13-14H2,1-2H3,(H,22,23,24)/t17-/m0/s1. The Balaban J connectivity index is 1.64. The molecule has 1 aliphatic heterocycles. The Morgan fingerprint density at radius 3 is 2.82 bits per heavy atom. The number of nitrogens with one attached hydrogen (secondary N) is 1. The molecular formula is C20H26FN5O2. The fraction of sp³-hybridized carbons (Fsp3) is 0.450. The topological polar surface area (TPSA) is 70.6 Å². The average Bonchev–Trinajstić information content (AvgIpc) is 2.71. The van der Waals surface area contributed by atoms with Crippen LogP contribution in [-0.4, -0.2) is 65.0 Å². The highest BCUT2D eigenvalue weighted by Gasteiger charge is 2.25. The lowest BCUT2D eigenvalue weighted by Crippen LogP contribution is -2.45. The highest BCUT2D eigenvalue weighted by Crippen LogP contribution is 2.23. The minimum atomic E-state index is -0.387. The Morgan fingerprint density at radius 2 is 2.11 bits per heavy atom. The molecule has 0 saturated carbocycles. The molecule has 0 aliphatic carbocycles. The molecule has 3 heterocycles. The number of halogens is 1. The number of amides is 1. The Bertz CT molecular complexity index is 782. The van der Waals surface area contributed by atoms with Crippen LogP contribution in [-0.2, 0) is 9.53 Å². The summed E-state index contributed by atoms with van der Waals surface area (Å²) in [5.74, 6) is 0.872. The molecule has 0 spiro atoms. The molecule has 8 heteroatoms. The van der Waals surface area contributed by atoms with Gasteiger partial charge in [0.05, 0.1) is 25.0 Å². The van der Waals surface area contributed by atoms with Gasteiger partial charge in [0.1, 0.15) is 23.6 Å². The summed E-state index contributed by atoms with van der Waals surface area (Å²) in [5.41, 5.74) is 0.784. The van der Waals surface area contributed by atoms with E-state index in [0.29, 0.717) is 31.3 Å². The second kappa shape index (κ2) is 9.57. The predicted octanol–water partition coefficient (Wildman–Crippen LogP) is 2.60. The SMILES string of the molecule is CCN(CC)C(=O)CN1CCO[C@H](c2cccc(Nc3ccc(F)cn3)n2)C1. The summed E-state index contributed by atoms with van der Waals surface area (Å²) in [7, 11) is 0. The van der Waals surface area contributed by atoms with Crippen molar-refractivity contribution in [1.29, 1.82) is 0 Å². The van der Waals surface area contributed by atoms with Gasteiger partial charge in [-0.25, -0.2) is 14.4 Å². The second-order valence-corrected chi connectivity index (χ2v) is 6.59. The van der Waals surface area contributed by atoms with Crippen LogP contribution in [0, 0.1) is 5.82 Å². The van der Waals surface area contributed by atoms with Gasteiger partial charge < -0.3 is 15.0 Å². The molecule has 0 radical (unpaired) electrons. The summed E-state index contributed by atoms with van der Waals surface area (Å²) in [4.78, 5) is 24.9. The van der Waals surface area contributed by atoms with Gasteiger partial charge >= 0.3 is 0 Å². The second-order valence-electron chi connectivity index (χ2n) is 6.59. The van der Waals surface area contributed by atoms with E-state index in [2.05, 4.69) is 20.2 Å². The van der Waals surface area contributed by atoms with Gasteiger partial charge in [0, 0.05) is 26.2 Å². The third-order valence-electron chi connectivity index (χ3n) is 4.71. The van der Waals surface area contributed by atoms with Gasteiger partial charge in [0.2, 0.25) is 5.91 Å². The summed E-state index contributed by atoms with van der Waals surface area (Å²) in [5, 5.41) is 3.07. The van der Waals surface area contributed by atoms with Crippen LogP contribution in [0.25, 0.3) is 0 Å². The van der Waals surface area contributed by atoms with E-state index in [4.69, 9.17) is 4.74 Å². The summed E-state index contributed by atoms with van der Waals surface area (Å²) in [6.07, 6.45) is 0.947. The van der Waals surface area contributed by atoms with Crippen LogP contribution in [0.2, 0.25) is 0 Å². The van der Waals surface area contributed by atoms with Crippen molar-refractivity contribution in [2.24, 2.45) is 0 Å². The van der Waals surface area contributed by atoms with E-state index >= 15 is 0 Å². The number of rotatable bonds is 7. The normalized spacial score (nSPS) is 17.3. The van der Waals surface area contributed by atoms with Gasteiger partial charge in [0.15, 0.2) is 0 Å². The maximum atomic E-state index is 13.0. The van der Waals surface area contributed by atoms with Crippen molar-refractivity contribution in [2.45, 2.75) is 20.0 Å². The summed E-state index contributed by atoms with van der Waals surface area (Å²) >= 11 is 0. The van der Waals surface area contributed by atoms with Crippen LogP contribution in [0.3, 0.4) is 0 Å². The first-order chi connectivity index (χ1) is 13.6. The van der Waals surface area contributed by atoms with Gasteiger partial charge in [-0.15, -0.1) is 0 Å². The molecule has 1 atom stereocenters. The highest BCUT2D eigenvalue weighted by molar-refractivity contribution is 5.78. The van der Waals surface area contributed by atoms with Crippen molar-refractivity contribution < 1.29 is 13.9 Å². The Kier molecular flexibility index (Phi) is 6.89. The number of hydrogen-bond donors (Lipinski definition) is 1. The largest absolute Gasteiger partial charge is 0.369 e. The first-order valence-electron chi connectivity index (χ1n) is 9.56. The predicted molar refractivity (Wildman–Crippen MR) is 105 cm³/mol. The lowest BCUT2D eigenvalue weighted by atomic mass is 10.2. The van der Waals surface area contributed by atoms with Crippen molar-refractivity contribution in [3.63, 3.8) is 0 Å². The quantitative estimate of drug-likeness (QED) is 0.788. The van der Waals surface area contributed by atoms with E-state index in [9.17, 15) is 9.18 Å².